The van der Waals surface area contributed by atoms with Gasteiger partial charge in [-0.25, -0.2) is 8.78 Å². The third-order valence-corrected chi connectivity index (χ3v) is 12.0. The maximum absolute atomic E-state index is 14.6. The van der Waals surface area contributed by atoms with Crippen LogP contribution in [0.4, 0.5) is 8.78 Å². The molecule has 0 saturated carbocycles. The van der Waals surface area contributed by atoms with Gasteiger partial charge in [-0.3, -0.25) is 4.57 Å². The van der Waals surface area contributed by atoms with Crippen LogP contribution in [0.2, 0.25) is 0 Å². The quantitative estimate of drug-likeness (QED) is 0.0337. The minimum Gasteiger partial charge on any atom is -0.493 e. The summed E-state index contributed by atoms with van der Waals surface area (Å²) in [6.45, 7) is 12.7. The highest BCUT2D eigenvalue weighted by atomic mass is 31.1. The van der Waals surface area contributed by atoms with Crippen molar-refractivity contribution in [3.63, 3.8) is 0 Å². The number of hydrogen-bond donors (Lipinski definition) is 2. The minimum absolute atomic E-state index is 0.130. The molecule has 0 atom stereocenters. The third kappa shape index (κ3) is 16.7. The van der Waals surface area contributed by atoms with Gasteiger partial charge in [0.2, 0.25) is 0 Å². The van der Waals surface area contributed by atoms with Gasteiger partial charge in [0.1, 0.15) is 23.1 Å². The maximum atomic E-state index is 14.6. The van der Waals surface area contributed by atoms with Crippen LogP contribution in [0.25, 0.3) is 22.3 Å². The number of ether oxygens (including phenoxy) is 2. The number of halogens is 2. The van der Waals surface area contributed by atoms with E-state index in [2.05, 4.69) is 50.5 Å². The van der Waals surface area contributed by atoms with Crippen LogP contribution in [-0.4, -0.2) is 39.5 Å². The number of furan rings is 2. The average molecular weight is 925 g/mol. The lowest BCUT2D eigenvalue weighted by Gasteiger charge is -2.14. The second kappa shape index (κ2) is 26.9. The second-order valence-corrected chi connectivity index (χ2v) is 18.7. The van der Waals surface area contributed by atoms with Crippen LogP contribution >= 0.6 is 8.25 Å². The molecule has 6 rings (SSSR count). The molecule has 0 unspecified atom stereocenters. The molecule has 0 bridgehead atoms. The Morgan fingerprint density at radius 2 is 0.985 bits per heavy atom. The number of hydrogen-bond acceptors (Lipinski definition) is 9. The monoisotopic (exact) mass is 924 g/mol. The molecule has 0 amide bonds. The van der Waals surface area contributed by atoms with Gasteiger partial charge in [0.05, 0.1) is 51.5 Å². The lowest BCUT2D eigenvalue weighted by atomic mass is 10.00. The van der Waals surface area contributed by atoms with Crippen LogP contribution in [0, 0.1) is 23.5 Å². The third-order valence-electron chi connectivity index (χ3n) is 11.1. The molecular formula is C54H67F2N2O7P. The van der Waals surface area contributed by atoms with E-state index in [1.165, 1.54) is 0 Å². The standard InChI is InChI=1S/C54H67F2N2O7P/c1-39(2)29-45-15-11-41(33-51(45)55)9-5-23-62-53-17-13-43(31-49(53)47-19-27-60-37-47)35-57-21-7-25-64-66(59)65-26-8-22-58-36-44-14-18-54(50(32-44)48-20-28-61-38-48)63-24-6-10-42-12-16-46(30-40(3)4)52(56)34-42/h11-20,27-28,31-34,37-40,57-58,66H,5-10,21-26,29-30,35-36H2,1-4H3. The lowest BCUT2D eigenvalue weighted by molar-refractivity contribution is 0.220. The fourth-order valence-electron chi connectivity index (χ4n) is 7.75. The van der Waals surface area contributed by atoms with Gasteiger partial charge >= 0.3 is 8.25 Å². The summed E-state index contributed by atoms with van der Waals surface area (Å²) in [7, 11) is -2.59. The first kappa shape index (κ1) is 50.4. The van der Waals surface area contributed by atoms with Gasteiger partial charge < -0.3 is 38.0 Å². The molecule has 6 aromatic rings. The molecule has 9 nitrogen and oxygen atoms in total. The summed E-state index contributed by atoms with van der Waals surface area (Å²) < 4.78 is 75.6. The van der Waals surface area contributed by atoms with Crippen molar-refractivity contribution < 1.29 is 40.7 Å². The Bertz CT molecular complexity index is 2210. The van der Waals surface area contributed by atoms with Crippen molar-refractivity contribution in [3.05, 3.63) is 155 Å². The van der Waals surface area contributed by atoms with E-state index in [9.17, 15) is 13.3 Å². The highest BCUT2D eigenvalue weighted by Crippen LogP contribution is 2.33. The second-order valence-electron chi connectivity index (χ2n) is 17.6. The highest BCUT2D eigenvalue weighted by molar-refractivity contribution is 7.33. The summed E-state index contributed by atoms with van der Waals surface area (Å²) in [5.74, 6) is 2.10. The molecule has 0 aliphatic heterocycles. The molecule has 0 aliphatic rings. The van der Waals surface area contributed by atoms with Gasteiger partial charge in [-0.15, -0.1) is 0 Å². The molecule has 0 aliphatic carbocycles. The molecule has 12 heteroatoms. The summed E-state index contributed by atoms with van der Waals surface area (Å²) >= 11 is 0. The van der Waals surface area contributed by atoms with Crippen molar-refractivity contribution in [2.24, 2.45) is 11.8 Å². The zero-order valence-electron chi connectivity index (χ0n) is 39.0. The Morgan fingerprint density at radius 3 is 1.38 bits per heavy atom. The van der Waals surface area contributed by atoms with Crippen LogP contribution in [0.3, 0.4) is 0 Å². The molecule has 0 saturated heterocycles. The van der Waals surface area contributed by atoms with Crippen molar-refractivity contribution in [3.8, 4) is 33.8 Å². The normalized spacial score (nSPS) is 11.7. The van der Waals surface area contributed by atoms with Crippen molar-refractivity contribution in [2.45, 2.75) is 92.2 Å². The maximum Gasteiger partial charge on any atom is 0.319 e. The first-order chi connectivity index (χ1) is 32.1. The van der Waals surface area contributed by atoms with E-state index < -0.39 is 8.25 Å². The lowest BCUT2D eigenvalue weighted by Crippen LogP contribution is -2.16. The molecule has 4 aromatic carbocycles. The number of rotatable bonds is 30. The van der Waals surface area contributed by atoms with Crippen molar-refractivity contribution in [2.75, 3.05) is 39.5 Å². The van der Waals surface area contributed by atoms with Crippen LogP contribution in [0.5, 0.6) is 11.5 Å². The first-order valence-corrected chi connectivity index (χ1v) is 24.7. The largest absolute Gasteiger partial charge is 0.493 e. The average Bonchev–Trinajstić information content (AvgIpc) is 4.05. The molecule has 354 valence electrons. The van der Waals surface area contributed by atoms with Gasteiger partial charge in [0, 0.05) is 35.3 Å². The van der Waals surface area contributed by atoms with Gasteiger partial charge in [-0.2, -0.15) is 0 Å². The van der Waals surface area contributed by atoms with Gasteiger partial charge in [0.15, 0.2) is 0 Å². The fraction of sp³-hybridized carbons (Fsp3) is 0.407. The number of aryl methyl sites for hydroxylation is 2. The molecule has 0 spiro atoms. The SMILES string of the molecule is CC(C)Cc1ccc(CCCOc2ccc(CNCCCO[PH](=O)OCCCNCc3ccc(OCCCc4ccc(CC(C)C)c(F)c4)c(-c4ccoc4)c3)cc2-c2ccoc2)cc1F. The molecule has 2 aromatic heterocycles. The van der Waals surface area contributed by atoms with Crippen LogP contribution in [0.1, 0.15) is 86.8 Å². The summed E-state index contributed by atoms with van der Waals surface area (Å²) in [5, 5.41) is 6.88. The summed E-state index contributed by atoms with van der Waals surface area (Å²) in [6, 6.07) is 27.2. The van der Waals surface area contributed by atoms with Crippen LogP contribution in [-0.2, 0) is 52.4 Å². The zero-order valence-corrected chi connectivity index (χ0v) is 40.0. The van der Waals surface area contributed by atoms with E-state index in [4.69, 9.17) is 27.4 Å². The van der Waals surface area contributed by atoms with Crippen LogP contribution in [0.15, 0.2) is 119 Å². The fourth-order valence-corrected chi connectivity index (χ4v) is 8.45. The molecule has 2 N–H and O–H groups in total. The minimum atomic E-state index is -2.59. The van der Waals surface area contributed by atoms with E-state index in [-0.39, 0.29) is 11.6 Å². The van der Waals surface area contributed by atoms with Gasteiger partial charge in [-0.1, -0.05) is 64.1 Å². The number of nitrogens with one attached hydrogen (secondary N) is 2. The summed E-state index contributed by atoms with van der Waals surface area (Å²) in [4.78, 5) is 0. The Morgan fingerprint density at radius 1 is 0.545 bits per heavy atom. The van der Waals surface area contributed by atoms with Crippen LogP contribution < -0.4 is 20.1 Å². The summed E-state index contributed by atoms with van der Waals surface area (Å²) in [6.07, 6.45) is 12.5. The van der Waals surface area contributed by atoms with E-state index in [0.717, 1.165) is 106 Å². The van der Waals surface area contributed by atoms with Gasteiger partial charge in [0.25, 0.3) is 0 Å². The molecule has 66 heavy (non-hydrogen) atoms. The Labute approximate surface area is 390 Å². The molecule has 0 radical (unpaired) electrons. The molecular weight excluding hydrogens is 858 g/mol. The van der Waals surface area contributed by atoms with Crippen molar-refractivity contribution in [1.29, 1.82) is 0 Å². The van der Waals surface area contributed by atoms with Crippen molar-refractivity contribution in [1.82, 2.24) is 10.6 Å². The number of benzene rings is 4. The predicted molar refractivity (Wildman–Crippen MR) is 259 cm³/mol. The van der Waals surface area contributed by atoms with E-state index in [0.29, 0.717) is 77.3 Å². The molecule has 2 heterocycles. The van der Waals surface area contributed by atoms with Gasteiger partial charge in [-0.05, 0) is 158 Å². The smallest absolute Gasteiger partial charge is 0.319 e. The van der Waals surface area contributed by atoms with E-state index in [1.807, 2.05) is 60.7 Å². The van der Waals surface area contributed by atoms with E-state index in [1.54, 1.807) is 37.2 Å². The first-order valence-electron chi connectivity index (χ1n) is 23.4. The van der Waals surface area contributed by atoms with E-state index >= 15 is 0 Å². The van der Waals surface area contributed by atoms with Crippen molar-refractivity contribution >= 4 is 8.25 Å². The Hall–Kier alpha value is -5.03. The zero-order chi connectivity index (χ0) is 46.5. The Balaban J connectivity index is 0.831. The summed E-state index contributed by atoms with van der Waals surface area (Å²) in [5.41, 5.74) is 9.42. The predicted octanol–water partition coefficient (Wildman–Crippen LogP) is 13.0. The molecule has 0 fully saturated rings. The highest BCUT2D eigenvalue weighted by Gasteiger charge is 2.13. The Kier molecular flexibility index (Phi) is 20.6. The topological polar surface area (TPSA) is 104 Å².